The van der Waals surface area contributed by atoms with E-state index in [0.717, 1.165) is 52.1 Å². The summed E-state index contributed by atoms with van der Waals surface area (Å²) in [6.45, 7) is 6.07. The molecule has 0 aromatic heterocycles. The van der Waals surface area contributed by atoms with E-state index in [2.05, 4.69) is 10.6 Å². The van der Waals surface area contributed by atoms with Crippen molar-refractivity contribution < 1.29 is 0 Å². The lowest BCUT2D eigenvalue weighted by Gasteiger charge is -2.05. The third-order valence-electron chi connectivity index (χ3n) is 2.57. The quantitative estimate of drug-likeness (QED) is 0.346. The van der Waals surface area contributed by atoms with Crippen molar-refractivity contribution in [2.75, 3.05) is 39.3 Å². The van der Waals surface area contributed by atoms with Crippen LogP contribution in [0.2, 0.25) is 0 Å². The van der Waals surface area contributed by atoms with Crippen LogP contribution < -0.4 is 22.1 Å². The molecule has 0 aromatic carbocycles. The molecule has 0 aliphatic carbocycles. The molecule has 4 nitrogen and oxygen atoms in total. The first kappa shape index (κ1) is 15.8. The standard InChI is InChI=1S/C12H30N4/c13-7-2-5-11-15-9-3-1-4-10-16-12-6-8-14/h15-16H,1-14H2. The Kier molecular flexibility index (Phi) is 14.7. The SMILES string of the molecule is NCCCCNCCCCCNCCCN. The summed E-state index contributed by atoms with van der Waals surface area (Å²) in [5, 5.41) is 6.83. The average Bonchev–Trinajstić information content (AvgIpc) is 2.31. The summed E-state index contributed by atoms with van der Waals surface area (Å²) in [5.41, 5.74) is 10.8. The van der Waals surface area contributed by atoms with Crippen LogP contribution >= 0.6 is 0 Å². The van der Waals surface area contributed by atoms with Crippen molar-refractivity contribution in [3.05, 3.63) is 0 Å². The lowest BCUT2D eigenvalue weighted by atomic mass is 10.2. The Morgan fingerprint density at radius 3 is 1.44 bits per heavy atom. The van der Waals surface area contributed by atoms with Crippen LogP contribution in [-0.4, -0.2) is 39.3 Å². The third kappa shape index (κ3) is 13.8. The van der Waals surface area contributed by atoms with Gasteiger partial charge in [-0.1, -0.05) is 6.42 Å². The van der Waals surface area contributed by atoms with E-state index in [4.69, 9.17) is 11.5 Å². The van der Waals surface area contributed by atoms with Crippen LogP contribution in [0.1, 0.15) is 38.5 Å². The molecule has 0 rings (SSSR count). The predicted molar refractivity (Wildman–Crippen MR) is 71.6 cm³/mol. The van der Waals surface area contributed by atoms with Crippen molar-refractivity contribution in [3.63, 3.8) is 0 Å². The van der Waals surface area contributed by atoms with E-state index in [0.29, 0.717) is 0 Å². The molecule has 0 aliphatic heterocycles. The molecular formula is C12H30N4. The number of hydrogen-bond acceptors (Lipinski definition) is 4. The van der Waals surface area contributed by atoms with Gasteiger partial charge < -0.3 is 22.1 Å². The van der Waals surface area contributed by atoms with Crippen molar-refractivity contribution in [2.45, 2.75) is 38.5 Å². The summed E-state index contributed by atoms with van der Waals surface area (Å²) >= 11 is 0. The fourth-order valence-electron chi connectivity index (χ4n) is 1.55. The third-order valence-corrected chi connectivity index (χ3v) is 2.57. The number of nitrogens with one attached hydrogen (secondary N) is 2. The van der Waals surface area contributed by atoms with E-state index in [-0.39, 0.29) is 0 Å². The first-order valence-electron chi connectivity index (χ1n) is 6.73. The van der Waals surface area contributed by atoms with E-state index < -0.39 is 0 Å². The second-order valence-electron chi connectivity index (χ2n) is 4.20. The van der Waals surface area contributed by atoms with Gasteiger partial charge in [0.2, 0.25) is 0 Å². The molecule has 0 heterocycles. The molecule has 0 aliphatic rings. The molecule has 0 atom stereocenters. The van der Waals surface area contributed by atoms with Gasteiger partial charge in [-0.05, 0) is 71.4 Å². The minimum atomic E-state index is 0.791. The van der Waals surface area contributed by atoms with Crippen molar-refractivity contribution in [3.8, 4) is 0 Å². The van der Waals surface area contributed by atoms with Gasteiger partial charge in [0.1, 0.15) is 0 Å². The molecule has 0 aromatic rings. The van der Waals surface area contributed by atoms with Crippen LogP contribution in [-0.2, 0) is 0 Å². The normalized spacial score (nSPS) is 10.9. The molecule has 0 saturated carbocycles. The van der Waals surface area contributed by atoms with E-state index >= 15 is 0 Å². The number of nitrogens with two attached hydrogens (primary N) is 2. The molecule has 0 unspecified atom stereocenters. The highest BCUT2D eigenvalue weighted by molar-refractivity contribution is 4.53. The van der Waals surface area contributed by atoms with Crippen molar-refractivity contribution in [2.24, 2.45) is 11.5 Å². The maximum Gasteiger partial charge on any atom is -0.00369 e. The Balaban J connectivity index is 2.83. The number of hydrogen-bond donors (Lipinski definition) is 4. The fourth-order valence-corrected chi connectivity index (χ4v) is 1.55. The molecule has 4 heteroatoms. The molecule has 0 spiro atoms. The van der Waals surface area contributed by atoms with Gasteiger partial charge in [0.05, 0.1) is 0 Å². The van der Waals surface area contributed by atoms with Gasteiger partial charge >= 0.3 is 0 Å². The molecule has 0 fully saturated rings. The van der Waals surface area contributed by atoms with Gasteiger partial charge in [-0.2, -0.15) is 0 Å². The Bertz CT molecular complexity index is 106. The van der Waals surface area contributed by atoms with Crippen LogP contribution in [0.5, 0.6) is 0 Å². The molecule has 6 N–H and O–H groups in total. The number of unbranched alkanes of at least 4 members (excludes halogenated alkanes) is 3. The first-order valence-corrected chi connectivity index (χ1v) is 6.73. The van der Waals surface area contributed by atoms with Gasteiger partial charge in [-0.3, -0.25) is 0 Å². The highest BCUT2D eigenvalue weighted by Gasteiger charge is 1.90. The molecule has 0 radical (unpaired) electrons. The number of rotatable bonds is 13. The van der Waals surface area contributed by atoms with Crippen molar-refractivity contribution >= 4 is 0 Å². The molecule has 0 saturated heterocycles. The average molecular weight is 230 g/mol. The molecule has 98 valence electrons. The van der Waals surface area contributed by atoms with Crippen molar-refractivity contribution in [1.29, 1.82) is 0 Å². The van der Waals surface area contributed by atoms with Gasteiger partial charge in [0.25, 0.3) is 0 Å². The Hall–Kier alpha value is -0.160. The van der Waals surface area contributed by atoms with Gasteiger partial charge in [-0.25, -0.2) is 0 Å². The first-order chi connectivity index (χ1) is 7.91. The molecule has 16 heavy (non-hydrogen) atoms. The lowest BCUT2D eigenvalue weighted by molar-refractivity contribution is 0.557. The van der Waals surface area contributed by atoms with Crippen LogP contribution in [0.3, 0.4) is 0 Å². The monoisotopic (exact) mass is 230 g/mol. The minimum Gasteiger partial charge on any atom is -0.330 e. The smallest absolute Gasteiger partial charge is 0.00369 e. The Labute approximate surface area is 101 Å². The summed E-state index contributed by atoms with van der Waals surface area (Å²) in [6.07, 6.45) is 7.29. The van der Waals surface area contributed by atoms with Gasteiger partial charge in [0, 0.05) is 0 Å². The second kappa shape index (κ2) is 14.8. The van der Waals surface area contributed by atoms with Crippen LogP contribution in [0, 0.1) is 0 Å². The van der Waals surface area contributed by atoms with E-state index in [9.17, 15) is 0 Å². The zero-order valence-electron chi connectivity index (χ0n) is 10.6. The van der Waals surface area contributed by atoms with Crippen LogP contribution in [0.25, 0.3) is 0 Å². The summed E-state index contributed by atoms with van der Waals surface area (Å²) in [6, 6.07) is 0. The molecule has 0 bridgehead atoms. The maximum atomic E-state index is 5.42. The maximum absolute atomic E-state index is 5.42. The van der Waals surface area contributed by atoms with E-state index in [1.807, 2.05) is 0 Å². The summed E-state index contributed by atoms with van der Waals surface area (Å²) in [5.74, 6) is 0. The topological polar surface area (TPSA) is 76.1 Å². The largest absolute Gasteiger partial charge is 0.330 e. The van der Waals surface area contributed by atoms with Crippen molar-refractivity contribution in [1.82, 2.24) is 10.6 Å². The minimum absolute atomic E-state index is 0.791. The zero-order chi connectivity index (χ0) is 11.9. The summed E-state index contributed by atoms with van der Waals surface area (Å²) in [4.78, 5) is 0. The van der Waals surface area contributed by atoms with Crippen LogP contribution in [0.4, 0.5) is 0 Å². The van der Waals surface area contributed by atoms with E-state index in [1.165, 1.54) is 25.7 Å². The summed E-state index contributed by atoms with van der Waals surface area (Å²) in [7, 11) is 0. The molecular weight excluding hydrogens is 200 g/mol. The summed E-state index contributed by atoms with van der Waals surface area (Å²) < 4.78 is 0. The Morgan fingerprint density at radius 1 is 0.500 bits per heavy atom. The second-order valence-corrected chi connectivity index (χ2v) is 4.20. The predicted octanol–water partition coefficient (Wildman–Crippen LogP) is 0.424. The fraction of sp³-hybridized carbons (Fsp3) is 1.00. The van der Waals surface area contributed by atoms with Gasteiger partial charge in [0.15, 0.2) is 0 Å². The van der Waals surface area contributed by atoms with E-state index in [1.54, 1.807) is 0 Å². The van der Waals surface area contributed by atoms with Crippen LogP contribution in [0.15, 0.2) is 0 Å². The van der Waals surface area contributed by atoms with Gasteiger partial charge in [-0.15, -0.1) is 0 Å². The highest BCUT2D eigenvalue weighted by Crippen LogP contribution is 1.92. The lowest BCUT2D eigenvalue weighted by Crippen LogP contribution is -2.20. The highest BCUT2D eigenvalue weighted by atomic mass is 14.9. The zero-order valence-corrected chi connectivity index (χ0v) is 10.6. The molecule has 0 amide bonds. The Morgan fingerprint density at radius 2 is 0.938 bits per heavy atom.